The summed E-state index contributed by atoms with van der Waals surface area (Å²) in [5.41, 5.74) is -1.42. The Morgan fingerprint density at radius 2 is 1.78 bits per heavy atom. The van der Waals surface area contributed by atoms with Gasteiger partial charge in [0, 0.05) is 19.2 Å². The number of nitrogens with one attached hydrogen (secondary N) is 2. The maximum absolute atomic E-state index is 13.8. The van der Waals surface area contributed by atoms with E-state index in [0.717, 1.165) is 28.6 Å². The molecule has 0 bridgehead atoms. The molecular weight excluding hydrogens is 454 g/mol. The molecule has 1 aliphatic rings. The van der Waals surface area contributed by atoms with Crippen molar-refractivity contribution in [1.29, 1.82) is 0 Å². The molecule has 2 aromatic carbocycles. The van der Waals surface area contributed by atoms with Gasteiger partial charge in [-0.1, -0.05) is 12.1 Å². The van der Waals surface area contributed by atoms with E-state index < -0.39 is 50.3 Å². The van der Waals surface area contributed by atoms with E-state index in [4.69, 9.17) is 0 Å². The number of alkyl halides is 3. The predicted octanol–water partition coefficient (Wildman–Crippen LogP) is 3.59. The first-order chi connectivity index (χ1) is 14.9. The molecule has 1 fully saturated rings. The molecule has 1 atom stereocenters. The fraction of sp³-hybridized carbons (Fsp3) is 0.300. The quantitative estimate of drug-likeness (QED) is 0.649. The molecule has 0 spiro atoms. The molecule has 172 valence electrons. The summed E-state index contributed by atoms with van der Waals surface area (Å²) in [6.45, 7) is 1.04. The van der Waals surface area contributed by atoms with Crippen molar-refractivity contribution in [1.82, 2.24) is 4.31 Å². The van der Waals surface area contributed by atoms with Gasteiger partial charge in [0.1, 0.15) is 11.9 Å². The number of nitrogens with zero attached hydrogens (tertiary/aromatic N) is 1. The van der Waals surface area contributed by atoms with Crippen molar-refractivity contribution in [2.45, 2.75) is 36.9 Å². The number of hydrogen-bond acceptors (Lipinski definition) is 4. The van der Waals surface area contributed by atoms with Crippen LogP contribution >= 0.6 is 0 Å². The lowest BCUT2D eigenvalue weighted by molar-refractivity contribution is -0.139. The van der Waals surface area contributed by atoms with E-state index in [0.29, 0.717) is 6.07 Å². The molecule has 0 aromatic heterocycles. The van der Waals surface area contributed by atoms with E-state index in [9.17, 15) is 35.6 Å². The predicted molar refractivity (Wildman–Crippen MR) is 108 cm³/mol. The highest BCUT2D eigenvalue weighted by atomic mass is 32.2. The first kappa shape index (κ1) is 23.7. The highest BCUT2D eigenvalue weighted by Gasteiger charge is 2.44. The first-order valence-electron chi connectivity index (χ1n) is 9.47. The van der Waals surface area contributed by atoms with Gasteiger partial charge in [0.05, 0.1) is 16.1 Å². The van der Waals surface area contributed by atoms with E-state index in [1.54, 1.807) is 0 Å². The summed E-state index contributed by atoms with van der Waals surface area (Å²) >= 11 is 0. The third-order valence-electron chi connectivity index (χ3n) is 4.83. The van der Waals surface area contributed by atoms with Crippen LogP contribution in [0.2, 0.25) is 0 Å². The monoisotopic (exact) mass is 473 g/mol. The summed E-state index contributed by atoms with van der Waals surface area (Å²) in [6.07, 6.45) is -4.53. The van der Waals surface area contributed by atoms with E-state index in [1.807, 2.05) is 0 Å². The summed E-state index contributed by atoms with van der Waals surface area (Å²) < 4.78 is 80.7. The largest absolute Gasteiger partial charge is 0.417 e. The van der Waals surface area contributed by atoms with Crippen LogP contribution in [0, 0.1) is 5.82 Å². The van der Waals surface area contributed by atoms with Gasteiger partial charge >= 0.3 is 6.18 Å². The Morgan fingerprint density at radius 1 is 1.09 bits per heavy atom. The minimum absolute atomic E-state index is 0.0834. The number of carbonyl (C=O) groups excluding carboxylic acids is 2. The van der Waals surface area contributed by atoms with Gasteiger partial charge in [-0.05, 0) is 43.2 Å². The zero-order valence-corrected chi connectivity index (χ0v) is 17.6. The molecular formula is C20H19F4N3O4S. The van der Waals surface area contributed by atoms with Crippen LogP contribution < -0.4 is 10.6 Å². The number of sulfonamides is 1. The number of benzene rings is 2. The van der Waals surface area contributed by atoms with E-state index in [-0.39, 0.29) is 30.8 Å². The topological polar surface area (TPSA) is 95.6 Å². The molecule has 12 heteroatoms. The summed E-state index contributed by atoms with van der Waals surface area (Å²) in [6, 6.07) is 5.89. The van der Waals surface area contributed by atoms with Crippen molar-refractivity contribution >= 4 is 33.2 Å². The standard InChI is InChI=1S/C20H19F4N3O4S/c1-12(28)25-16-11-13(8-9-15(16)21)26-19(29)17-6-4-10-27(17)32(30,31)18-7-3-2-5-14(18)20(22,23)24/h2-3,5,7-9,11,17H,4,6,10H2,1H3,(H,25,28)(H,26,29)/t17-/m0/s1. The number of rotatable bonds is 5. The summed E-state index contributed by atoms with van der Waals surface area (Å²) in [5.74, 6) is -2.06. The molecule has 32 heavy (non-hydrogen) atoms. The van der Waals surface area contributed by atoms with Crippen LogP contribution in [0.15, 0.2) is 47.4 Å². The van der Waals surface area contributed by atoms with Gasteiger partial charge < -0.3 is 10.6 Å². The van der Waals surface area contributed by atoms with Crippen molar-refractivity contribution < 1.29 is 35.6 Å². The molecule has 0 saturated carbocycles. The highest BCUT2D eigenvalue weighted by molar-refractivity contribution is 7.89. The number of anilines is 2. The Hall–Kier alpha value is -2.99. The molecule has 1 aliphatic heterocycles. The van der Waals surface area contributed by atoms with Gasteiger partial charge in [-0.2, -0.15) is 17.5 Å². The summed E-state index contributed by atoms with van der Waals surface area (Å²) in [4.78, 5) is 23.0. The van der Waals surface area contributed by atoms with E-state index >= 15 is 0 Å². The number of halogens is 4. The van der Waals surface area contributed by atoms with Gasteiger partial charge in [-0.25, -0.2) is 12.8 Å². The maximum atomic E-state index is 13.8. The zero-order chi connectivity index (χ0) is 23.7. The average molecular weight is 473 g/mol. The molecule has 2 amide bonds. The molecule has 2 aromatic rings. The van der Waals surface area contributed by atoms with Crippen molar-refractivity contribution in [2.75, 3.05) is 17.2 Å². The Labute approximate surface area is 181 Å². The fourth-order valence-electron chi connectivity index (χ4n) is 3.46. The van der Waals surface area contributed by atoms with Crippen LogP contribution in [-0.2, 0) is 25.8 Å². The van der Waals surface area contributed by atoms with Crippen LogP contribution in [0.1, 0.15) is 25.3 Å². The summed E-state index contributed by atoms with van der Waals surface area (Å²) in [7, 11) is -4.63. The van der Waals surface area contributed by atoms with Gasteiger partial charge in [0.25, 0.3) is 0 Å². The van der Waals surface area contributed by atoms with Crippen LogP contribution in [0.25, 0.3) is 0 Å². The molecule has 1 heterocycles. The smallest absolute Gasteiger partial charge is 0.325 e. The highest BCUT2D eigenvalue weighted by Crippen LogP contribution is 2.37. The van der Waals surface area contributed by atoms with Gasteiger partial charge in [0.15, 0.2) is 0 Å². The Morgan fingerprint density at radius 3 is 2.44 bits per heavy atom. The minimum atomic E-state index is -4.89. The van der Waals surface area contributed by atoms with Crippen molar-refractivity contribution in [3.63, 3.8) is 0 Å². The van der Waals surface area contributed by atoms with Crippen molar-refractivity contribution in [3.05, 3.63) is 53.8 Å². The minimum Gasteiger partial charge on any atom is -0.325 e. The lowest BCUT2D eigenvalue weighted by atomic mass is 10.2. The number of hydrogen-bond donors (Lipinski definition) is 2. The third kappa shape index (κ3) is 4.91. The zero-order valence-electron chi connectivity index (χ0n) is 16.7. The maximum Gasteiger partial charge on any atom is 0.417 e. The lowest BCUT2D eigenvalue weighted by Crippen LogP contribution is -2.43. The Bertz CT molecular complexity index is 1150. The van der Waals surface area contributed by atoms with Crippen molar-refractivity contribution in [3.8, 4) is 0 Å². The average Bonchev–Trinajstić information content (AvgIpc) is 3.20. The third-order valence-corrected chi connectivity index (χ3v) is 6.80. The summed E-state index contributed by atoms with van der Waals surface area (Å²) in [5, 5.41) is 4.69. The SMILES string of the molecule is CC(=O)Nc1cc(NC(=O)[C@@H]2CCCN2S(=O)(=O)c2ccccc2C(F)(F)F)ccc1F. The van der Waals surface area contributed by atoms with Crippen LogP contribution in [0.4, 0.5) is 28.9 Å². The van der Waals surface area contributed by atoms with Gasteiger partial charge in [-0.3, -0.25) is 9.59 Å². The lowest BCUT2D eigenvalue weighted by Gasteiger charge is -2.25. The molecule has 2 N–H and O–H groups in total. The number of amides is 2. The first-order valence-corrected chi connectivity index (χ1v) is 10.9. The second kappa shape index (κ2) is 8.87. The molecule has 1 saturated heterocycles. The van der Waals surface area contributed by atoms with Gasteiger partial charge in [0.2, 0.25) is 21.8 Å². The molecule has 0 radical (unpaired) electrons. The van der Waals surface area contributed by atoms with Crippen LogP contribution in [0.5, 0.6) is 0 Å². The Kier molecular flexibility index (Phi) is 6.56. The van der Waals surface area contributed by atoms with Crippen molar-refractivity contribution in [2.24, 2.45) is 0 Å². The second-order valence-corrected chi connectivity index (χ2v) is 8.99. The Balaban J connectivity index is 1.88. The molecule has 3 rings (SSSR count). The number of carbonyl (C=O) groups is 2. The van der Waals surface area contributed by atoms with Crippen LogP contribution in [0.3, 0.4) is 0 Å². The fourth-order valence-corrected chi connectivity index (χ4v) is 5.33. The second-order valence-electron chi connectivity index (χ2n) is 7.13. The molecule has 0 aliphatic carbocycles. The van der Waals surface area contributed by atoms with Crippen LogP contribution in [-0.4, -0.2) is 37.1 Å². The van der Waals surface area contributed by atoms with Gasteiger partial charge in [-0.15, -0.1) is 0 Å². The van der Waals surface area contributed by atoms with E-state index in [2.05, 4.69) is 10.6 Å². The molecule has 0 unspecified atom stereocenters. The molecule has 7 nitrogen and oxygen atoms in total. The van der Waals surface area contributed by atoms with E-state index in [1.165, 1.54) is 19.1 Å². The normalized spacial score (nSPS) is 17.2.